The number of nitrogens with one attached hydrogen (secondary N) is 1. The van der Waals surface area contributed by atoms with Crippen LogP contribution in [0.25, 0.3) is 0 Å². The van der Waals surface area contributed by atoms with Gasteiger partial charge in [-0.2, -0.15) is 0 Å². The molecule has 0 bridgehead atoms. The molecule has 1 aliphatic rings. The molecule has 2 rings (SSSR count). The smallest absolute Gasteiger partial charge is 0.163 e. The monoisotopic (exact) mass is 296 g/mol. The van der Waals surface area contributed by atoms with Gasteiger partial charge in [-0.3, -0.25) is 0 Å². The predicted octanol–water partition coefficient (Wildman–Crippen LogP) is 3.74. The number of nitrogens with zero attached hydrogens (tertiary/aromatic N) is 1. The highest BCUT2D eigenvalue weighted by atomic mass is 19.2. The van der Waals surface area contributed by atoms with E-state index in [0.717, 1.165) is 25.4 Å². The predicted molar refractivity (Wildman–Crippen MR) is 82.2 cm³/mol. The Balaban J connectivity index is 1.99. The van der Waals surface area contributed by atoms with E-state index in [9.17, 15) is 8.78 Å². The lowest BCUT2D eigenvalue weighted by atomic mass is 10.0. The third-order valence-electron chi connectivity index (χ3n) is 4.33. The van der Waals surface area contributed by atoms with Gasteiger partial charge in [-0.1, -0.05) is 12.1 Å². The fraction of sp³-hybridized carbons (Fsp3) is 0.647. The molecule has 0 amide bonds. The van der Waals surface area contributed by atoms with Gasteiger partial charge in [-0.25, -0.2) is 8.78 Å². The van der Waals surface area contributed by atoms with Gasteiger partial charge in [0, 0.05) is 30.7 Å². The number of hydrogen-bond donors (Lipinski definition) is 1. The number of rotatable bonds is 8. The van der Waals surface area contributed by atoms with Gasteiger partial charge in [-0.05, 0) is 52.1 Å². The molecule has 0 radical (unpaired) electrons. The zero-order valence-electron chi connectivity index (χ0n) is 13.2. The molecule has 1 aromatic carbocycles. The molecule has 0 aromatic heterocycles. The third-order valence-corrected chi connectivity index (χ3v) is 4.33. The molecule has 1 aliphatic carbocycles. The first kappa shape index (κ1) is 16.4. The van der Waals surface area contributed by atoms with Gasteiger partial charge in [0.1, 0.15) is 0 Å². The van der Waals surface area contributed by atoms with E-state index < -0.39 is 11.6 Å². The Morgan fingerprint density at radius 2 is 2.00 bits per heavy atom. The van der Waals surface area contributed by atoms with E-state index in [1.54, 1.807) is 19.2 Å². The molecule has 0 saturated heterocycles. The fourth-order valence-corrected chi connectivity index (χ4v) is 2.73. The minimum Gasteiger partial charge on any atom is -0.313 e. The summed E-state index contributed by atoms with van der Waals surface area (Å²) in [4.78, 5) is 2.44. The molecule has 0 spiro atoms. The Hall–Kier alpha value is -1.00. The molecule has 2 nitrogen and oxygen atoms in total. The molecule has 21 heavy (non-hydrogen) atoms. The molecule has 1 N–H and O–H groups in total. The molecule has 118 valence electrons. The standard InChI is InChI=1S/C17H26F2N2/c1-12(2)21(11-13-7-8-13)10-9-16(20-3)14-5-4-6-15(18)17(14)19/h4-6,12-13,16,20H,7-11H2,1-3H3. The molecule has 1 aromatic rings. The van der Waals surface area contributed by atoms with Crippen molar-refractivity contribution in [2.75, 3.05) is 20.1 Å². The van der Waals surface area contributed by atoms with Crippen LogP contribution in [-0.2, 0) is 0 Å². The van der Waals surface area contributed by atoms with Gasteiger partial charge in [0.05, 0.1) is 0 Å². The SMILES string of the molecule is CNC(CCN(CC1CC1)C(C)C)c1cccc(F)c1F. The first-order valence-corrected chi connectivity index (χ1v) is 7.88. The van der Waals surface area contributed by atoms with Crippen LogP contribution in [0.5, 0.6) is 0 Å². The molecule has 1 fully saturated rings. The lowest BCUT2D eigenvalue weighted by molar-refractivity contribution is 0.201. The van der Waals surface area contributed by atoms with E-state index in [2.05, 4.69) is 24.1 Å². The highest BCUT2D eigenvalue weighted by Gasteiger charge is 2.26. The maximum atomic E-state index is 13.9. The van der Waals surface area contributed by atoms with Crippen molar-refractivity contribution in [1.82, 2.24) is 10.2 Å². The van der Waals surface area contributed by atoms with Gasteiger partial charge in [0.15, 0.2) is 11.6 Å². The summed E-state index contributed by atoms with van der Waals surface area (Å²) in [5.41, 5.74) is 0.424. The van der Waals surface area contributed by atoms with Crippen LogP contribution in [0.3, 0.4) is 0 Å². The summed E-state index contributed by atoms with van der Waals surface area (Å²) in [5, 5.41) is 3.12. The van der Waals surface area contributed by atoms with E-state index in [1.807, 2.05) is 0 Å². The van der Waals surface area contributed by atoms with E-state index in [1.165, 1.54) is 18.9 Å². The molecule has 1 saturated carbocycles. The minimum atomic E-state index is -0.772. The quantitative estimate of drug-likeness (QED) is 0.786. The van der Waals surface area contributed by atoms with Crippen molar-refractivity contribution in [3.63, 3.8) is 0 Å². The Bertz CT molecular complexity index is 458. The fourth-order valence-electron chi connectivity index (χ4n) is 2.73. The summed E-state index contributed by atoms with van der Waals surface area (Å²) in [6, 6.07) is 4.74. The third kappa shape index (κ3) is 4.48. The van der Waals surface area contributed by atoms with Crippen molar-refractivity contribution < 1.29 is 8.78 Å². The largest absolute Gasteiger partial charge is 0.313 e. The van der Waals surface area contributed by atoms with Crippen LogP contribution in [0.4, 0.5) is 8.78 Å². The summed E-state index contributed by atoms with van der Waals surface area (Å²) in [5.74, 6) is -0.659. The summed E-state index contributed by atoms with van der Waals surface area (Å²) < 4.78 is 27.3. The van der Waals surface area contributed by atoms with E-state index in [0.29, 0.717) is 11.6 Å². The molecular formula is C17H26F2N2. The van der Waals surface area contributed by atoms with Crippen LogP contribution in [0, 0.1) is 17.6 Å². The lowest BCUT2D eigenvalue weighted by Gasteiger charge is -2.28. The van der Waals surface area contributed by atoms with Crippen LogP contribution >= 0.6 is 0 Å². The van der Waals surface area contributed by atoms with Gasteiger partial charge >= 0.3 is 0 Å². The van der Waals surface area contributed by atoms with E-state index in [-0.39, 0.29) is 6.04 Å². The second-order valence-electron chi connectivity index (χ2n) is 6.31. The van der Waals surface area contributed by atoms with Gasteiger partial charge < -0.3 is 10.2 Å². The van der Waals surface area contributed by atoms with Crippen LogP contribution < -0.4 is 5.32 Å². The second kappa shape index (κ2) is 7.32. The lowest BCUT2D eigenvalue weighted by Crippen LogP contribution is -2.35. The van der Waals surface area contributed by atoms with Gasteiger partial charge in [-0.15, -0.1) is 0 Å². The summed E-state index contributed by atoms with van der Waals surface area (Å²) >= 11 is 0. The van der Waals surface area contributed by atoms with Crippen molar-refractivity contribution in [2.45, 2.75) is 45.2 Å². The van der Waals surface area contributed by atoms with E-state index in [4.69, 9.17) is 0 Å². The van der Waals surface area contributed by atoms with Crippen LogP contribution in [-0.4, -0.2) is 31.1 Å². The van der Waals surface area contributed by atoms with Gasteiger partial charge in [0.25, 0.3) is 0 Å². The topological polar surface area (TPSA) is 15.3 Å². The first-order valence-electron chi connectivity index (χ1n) is 7.88. The molecule has 1 atom stereocenters. The molecular weight excluding hydrogens is 270 g/mol. The number of benzene rings is 1. The van der Waals surface area contributed by atoms with Crippen molar-refractivity contribution in [3.8, 4) is 0 Å². The molecule has 0 heterocycles. The Kier molecular flexibility index (Phi) is 5.71. The maximum Gasteiger partial charge on any atom is 0.163 e. The van der Waals surface area contributed by atoms with Gasteiger partial charge in [0.2, 0.25) is 0 Å². The normalized spacial score (nSPS) is 16.7. The highest BCUT2D eigenvalue weighted by Crippen LogP contribution is 2.31. The summed E-state index contributed by atoms with van der Waals surface area (Å²) in [6.45, 7) is 6.41. The second-order valence-corrected chi connectivity index (χ2v) is 6.31. The first-order chi connectivity index (χ1) is 10.0. The maximum absolute atomic E-state index is 13.9. The average Bonchev–Trinajstić information content (AvgIpc) is 3.26. The van der Waals surface area contributed by atoms with Crippen LogP contribution in [0.15, 0.2) is 18.2 Å². The van der Waals surface area contributed by atoms with Crippen LogP contribution in [0.1, 0.15) is 44.7 Å². The Labute approximate surface area is 126 Å². The van der Waals surface area contributed by atoms with Crippen LogP contribution in [0.2, 0.25) is 0 Å². The number of hydrogen-bond acceptors (Lipinski definition) is 2. The Morgan fingerprint density at radius 1 is 1.29 bits per heavy atom. The zero-order chi connectivity index (χ0) is 15.4. The molecule has 4 heteroatoms. The van der Waals surface area contributed by atoms with Crippen molar-refractivity contribution >= 4 is 0 Å². The van der Waals surface area contributed by atoms with E-state index >= 15 is 0 Å². The minimum absolute atomic E-state index is 0.152. The number of halogens is 2. The summed E-state index contributed by atoms with van der Waals surface area (Å²) in [6.07, 6.45) is 3.44. The Morgan fingerprint density at radius 3 is 2.57 bits per heavy atom. The van der Waals surface area contributed by atoms with Crippen molar-refractivity contribution in [2.24, 2.45) is 5.92 Å². The summed E-state index contributed by atoms with van der Waals surface area (Å²) in [7, 11) is 1.80. The molecule has 0 aliphatic heterocycles. The highest BCUT2D eigenvalue weighted by molar-refractivity contribution is 5.22. The van der Waals surface area contributed by atoms with Crippen molar-refractivity contribution in [3.05, 3.63) is 35.4 Å². The average molecular weight is 296 g/mol. The molecule has 1 unspecified atom stereocenters. The zero-order valence-corrected chi connectivity index (χ0v) is 13.2. The van der Waals surface area contributed by atoms with Crippen molar-refractivity contribution in [1.29, 1.82) is 0 Å².